The number of halogens is 1. The minimum Gasteiger partial charge on any atom is -0.475 e. The van der Waals surface area contributed by atoms with Gasteiger partial charge in [-0.1, -0.05) is 29.8 Å². The fourth-order valence-electron chi connectivity index (χ4n) is 1.03. The summed E-state index contributed by atoms with van der Waals surface area (Å²) in [6, 6.07) is 6.82. The van der Waals surface area contributed by atoms with Crippen molar-refractivity contribution in [3.63, 3.8) is 0 Å². The molecule has 16 heavy (non-hydrogen) atoms. The Bertz CT molecular complexity index is 451. The van der Waals surface area contributed by atoms with Crippen LogP contribution < -0.4 is 4.74 Å². The number of benzene rings is 1. The number of rotatable bonds is 4. The van der Waals surface area contributed by atoms with Crippen LogP contribution in [0.4, 0.5) is 0 Å². The first-order valence-electron chi connectivity index (χ1n) is 4.38. The number of carboxylic acids is 1. The normalized spacial score (nSPS) is 11.6. The number of aryl methyl sites for hydroxylation is 1. The summed E-state index contributed by atoms with van der Waals surface area (Å²) in [5, 5.41) is 8.32. The fraction of sp³-hybridized carbons (Fsp3) is 0.0909. The summed E-state index contributed by atoms with van der Waals surface area (Å²) in [6.45, 7) is 1.75. The van der Waals surface area contributed by atoms with Gasteiger partial charge in [-0.05, 0) is 18.6 Å². The zero-order chi connectivity index (χ0) is 12.1. The Hall–Kier alpha value is -1.81. The standard InChI is InChI=1S/C11H9ClO4/c1-7-4-2-3-5-9(7)16-10(11(14)15)8(12)6-13/h2-6H,1H3,(H,14,15). The van der Waals surface area contributed by atoms with E-state index >= 15 is 0 Å². The molecule has 0 aliphatic rings. The summed E-state index contributed by atoms with van der Waals surface area (Å²) in [4.78, 5) is 21.2. The van der Waals surface area contributed by atoms with Crippen LogP contribution in [0.2, 0.25) is 0 Å². The first-order valence-corrected chi connectivity index (χ1v) is 4.75. The highest BCUT2D eigenvalue weighted by Crippen LogP contribution is 2.21. The molecule has 5 heteroatoms. The molecule has 0 unspecified atom stereocenters. The number of hydrogen-bond donors (Lipinski definition) is 1. The highest BCUT2D eigenvalue weighted by Gasteiger charge is 2.16. The lowest BCUT2D eigenvalue weighted by Gasteiger charge is -2.08. The Balaban J connectivity index is 3.07. The van der Waals surface area contributed by atoms with Crippen molar-refractivity contribution in [3.05, 3.63) is 40.6 Å². The van der Waals surface area contributed by atoms with Crippen LogP contribution in [0.3, 0.4) is 0 Å². The molecule has 0 aliphatic carbocycles. The minimum absolute atomic E-state index is 0.225. The highest BCUT2D eigenvalue weighted by atomic mass is 35.5. The number of aldehydes is 1. The molecular weight excluding hydrogens is 232 g/mol. The van der Waals surface area contributed by atoms with Gasteiger partial charge in [-0.2, -0.15) is 0 Å². The molecule has 0 saturated heterocycles. The summed E-state index contributed by atoms with van der Waals surface area (Å²) in [5.41, 5.74) is 0.747. The van der Waals surface area contributed by atoms with E-state index in [4.69, 9.17) is 21.4 Å². The van der Waals surface area contributed by atoms with E-state index < -0.39 is 16.8 Å². The van der Waals surface area contributed by atoms with Crippen molar-refractivity contribution >= 4 is 23.9 Å². The van der Waals surface area contributed by atoms with E-state index in [1.165, 1.54) is 0 Å². The Kier molecular flexibility index (Phi) is 4.08. The van der Waals surface area contributed by atoms with Gasteiger partial charge in [0.25, 0.3) is 0 Å². The van der Waals surface area contributed by atoms with Crippen molar-refractivity contribution in [2.45, 2.75) is 6.92 Å². The van der Waals surface area contributed by atoms with E-state index in [-0.39, 0.29) is 6.29 Å². The van der Waals surface area contributed by atoms with Crippen LogP contribution in [-0.4, -0.2) is 17.4 Å². The average Bonchev–Trinajstić information content (AvgIpc) is 2.26. The van der Waals surface area contributed by atoms with Crippen LogP contribution in [0.15, 0.2) is 35.1 Å². The molecule has 4 nitrogen and oxygen atoms in total. The lowest BCUT2D eigenvalue weighted by atomic mass is 10.2. The van der Waals surface area contributed by atoms with Crippen LogP contribution >= 0.6 is 11.6 Å². The Morgan fingerprint density at radius 3 is 2.56 bits per heavy atom. The van der Waals surface area contributed by atoms with Crippen molar-refractivity contribution in [1.82, 2.24) is 0 Å². The zero-order valence-corrected chi connectivity index (χ0v) is 9.19. The summed E-state index contributed by atoms with van der Waals surface area (Å²) >= 11 is 5.43. The highest BCUT2D eigenvalue weighted by molar-refractivity contribution is 6.40. The van der Waals surface area contributed by atoms with Crippen molar-refractivity contribution in [3.8, 4) is 5.75 Å². The lowest BCUT2D eigenvalue weighted by Crippen LogP contribution is -2.10. The van der Waals surface area contributed by atoms with E-state index in [9.17, 15) is 9.59 Å². The molecule has 0 saturated carbocycles. The van der Waals surface area contributed by atoms with Gasteiger partial charge < -0.3 is 9.84 Å². The van der Waals surface area contributed by atoms with E-state index in [2.05, 4.69) is 0 Å². The molecule has 84 valence electrons. The third kappa shape index (κ3) is 2.84. The summed E-state index contributed by atoms with van der Waals surface area (Å²) in [7, 11) is 0. The fourth-order valence-corrected chi connectivity index (χ4v) is 1.15. The largest absolute Gasteiger partial charge is 0.475 e. The third-order valence-electron chi connectivity index (χ3n) is 1.82. The second-order valence-electron chi connectivity index (χ2n) is 2.97. The lowest BCUT2D eigenvalue weighted by molar-refractivity contribution is -0.135. The number of para-hydroxylation sites is 1. The van der Waals surface area contributed by atoms with E-state index in [0.717, 1.165) is 5.56 Å². The Labute approximate surface area is 97.1 Å². The molecule has 0 heterocycles. The average molecular weight is 241 g/mol. The topological polar surface area (TPSA) is 63.6 Å². The maximum Gasteiger partial charge on any atom is 0.373 e. The number of carbonyl (C=O) groups excluding carboxylic acids is 1. The molecule has 1 aromatic carbocycles. The van der Waals surface area contributed by atoms with Gasteiger partial charge in [0.15, 0.2) is 6.29 Å². The van der Waals surface area contributed by atoms with Gasteiger partial charge in [0.2, 0.25) is 5.76 Å². The number of aliphatic carboxylic acids is 1. The Morgan fingerprint density at radius 2 is 2.06 bits per heavy atom. The van der Waals surface area contributed by atoms with Gasteiger partial charge in [0.05, 0.1) is 0 Å². The number of carboxylic acid groups (broad SMARTS) is 1. The van der Waals surface area contributed by atoms with Crippen LogP contribution in [0.1, 0.15) is 5.56 Å². The predicted molar refractivity (Wildman–Crippen MR) is 58.4 cm³/mol. The van der Waals surface area contributed by atoms with Crippen molar-refractivity contribution in [1.29, 1.82) is 0 Å². The molecule has 0 radical (unpaired) electrons. The number of ether oxygens (including phenoxy) is 1. The monoisotopic (exact) mass is 240 g/mol. The molecule has 0 bridgehead atoms. The SMILES string of the molecule is Cc1ccccc1OC(C(=O)O)=C(Cl)C=O. The summed E-state index contributed by atoms with van der Waals surface area (Å²) in [5.74, 6) is -1.62. The maximum atomic E-state index is 10.8. The number of allylic oxidation sites excluding steroid dienone is 1. The van der Waals surface area contributed by atoms with Gasteiger partial charge in [0, 0.05) is 0 Å². The van der Waals surface area contributed by atoms with E-state index in [0.29, 0.717) is 5.75 Å². The minimum atomic E-state index is -1.39. The first kappa shape index (κ1) is 12.3. The van der Waals surface area contributed by atoms with Gasteiger partial charge in [0.1, 0.15) is 10.8 Å². The molecule has 0 atom stereocenters. The molecule has 0 amide bonds. The van der Waals surface area contributed by atoms with Crippen LogP contribution in [0.5, 0.6) is 5.75 Å². The quantitative estimate of drug-likeness (QED) is 0.497. The molecule has 1 aromatic rings. The number of carbonyl (C=O) groups is 2. The van der Waals surface area contributed by atoms with E-state index in [1.54, 1.807) is 31.2 Å². The van der Waals surface area contributed by atoms with Gasteiger partial charge in [-0.15, -0.1) is 0 Å². The molecule has 0 spiro atoms. The molecule has 0 aliphatic heterocycles. The predicted octanol–water partition coefficient (Wildman–Crippen LogP) is 2.11. The van der Waals surface area contributed by atoms with Gasteiger partial charge in [-0.25, -0.2) is 4.79 Å². The van der Waals surface area contributed by atoms with Gasteiger partial charge in [-0.3, -0.25) is 4.79 Å². The first-order chi connectivity index (χ1) is 7.56. The zero-order valence-electron chi connectivity index (χ0n) is 8.44. The van der Waals surface area contributed by atoms with Crippen molar-refractivity contribution < 1.29 is 19.4 Å². The van der Waals surface area contributed by atoms with E-state index in [1.807, 2.05) is 0 Å². The summed E-state index contributed by atoms with van der Waals surface area (Å²) < 4.78 is 5.08. The smallest absolute Gasteiger partial charge is 0.373 e. The molecular formula is C11H9ClO4. The van der Waals surface area contributed by atoms with Gasteiger partial charge >= 0.3 is 5.97 Å². The summed E-state index contributed by atoms with van der Waals surface area (Å²) in [6.07, 6.45) is 0.225. The number of hydrogen-bond acceptors (Lipinski definition) is 3. The molecule has 0 aromatic heterocycles. The van der Waals surface area contributed by atoms with Crippen LogP contribution in [0.25, 0.3) is 0 Å². The molecule has 1 rings (SSSR count). The second kappa shape index (κ2) is 5.32. The third-order valence-corrected chi connectivity index (χ3v) is 2.08. The van der Waals surface area contributed by atoms with Crippen molar-refractivity contribution in [2.75, 3.05) is 0 Å². The molecule has 1 N–H and O–H groups in total. The second-order valence-corrected chi connectivity index (χ2v) is 3.37. The Morgan fingerprint density at radius 1 is 1.44 bits per heavy atom. The van der Waals surface area contributed by atoms with Crippen molar-refractivity contribution in [2.24, 2.45) is 0 Å². The molecule has 0 fully saturated rings. The maximum absolute atomic E-state index is 10.8. The van der Waals surface area contributed by atoms with Crippen LogP contribution in [0, 0.1) is 6.92 Å². The van der Waals surface area contributed by atoms with Crippen LogP contribution in [-0.2, 0) is 9.59 Å².